The van der Waals surface area contributed by atoms with E-state index in [1.165, 1.54) is 17.2 Å². The average Bonchev–Trinajstić information content (AvgIpc) is 3.38. The van der Waals surface area contributed by atoms with E-state index in [9.17, 15) is 24.2 Å². The van der Waals surface area contributed by atoms with Gasteiger partial charge in [-0.05, 0) is 11.5 Å². The Labute approximate surface area is 208 Å². The van der Waals surface area contributed by atoms with Crippen LogP contribution in [0.25, 0.3) is 21.9 Å². The molecule has 1 aliphatic heterocycles. The molecule has 0 radical (unpaired) electrons. The van der Waals surface area contributed by atoms with Crippen LogP contribution in [0.15, 0.2) is 55.1 Å². The number of rotatable bonds is 8. The second kappa shape index (κ2) is 9.82. The first-order chi connectivity index (χ1) is 17.5. The second-order valence-corrected chi connectivity index (χ2v) is 10.9. The zero-order valence-electron chi connectivity index (χ0n) is 18.7. The first kappa shape index (κ1) is 25.8. The van der Waals surface area contributed by atoms with Gasteiger partial charge in [0.05, 0.1) is 12.9 Å². The number of benzene rings is 2. The number of nitrogens with one attached hydrogen (secondary N) is 1. The highest BCUT2D eigenvalue weighted by Gasteiger charge is 2.46. The van der Waals surface area contributed by atoms with Gasteiger partial charge in [-0.1, -0.05) is 36.4 Å². The summed E-state index contributed by atoms with van der Waals surface area (Å²) in [5.74, 6) is 0.379. The highest BCUT2D eigenvalue weighted by atomic mass is 31.3. The predicted molar refractivity (Wildman–Crippen MR) is 127 cm³/mol. The largest absolute Gasteiger partial charge is 0.481 e. The SMILES string of the molecule is O=P(O)(O)OP(=O)(O)OC[C@H]1OC(n2cnc3c(Nc4cccc5ccccc45)ncnc32)[C@H](O)[C@@H]1O. The Morgan fingerprint density at radius 2 is 1.76 bits per heavy atom. The molecule has 2 aromatic heterocycles. The standard InChI is InChI=1S/C20H21N5O10P2/c26-16-14(8-33-37(31,32)35-36(28,29)30)34-20(17(16)27)25-10-23-15-18(21-9-22-19(15)25)24-13-7-3-5-11-4-1-2-6-12(11)13/h1-7,9-10,14,16-17,20,26-27H,8H2,(H,31,32)(H,21,22,24)(H2,28,29,30)/t14-,16-,17-,20?/m1/s1. The molecule has 0 spiro atoms. The van der Waals surface area contributed by atoms with Crippen molar-refractivity contribution in [1.82, 2.24) is 19.5 Å². The van der Waals surface area contributed by atoms with Crippen molar-refractivity contribution in [3.05, 3.63) is 55.1 Å². The third-order valence-corrected chi connectivity index (χ3v) is 7.78. The molecule has 15 nitrogen and oxygen atoms in total. The molecule has 6 N–H and O–H groups in total. The van der Waals surface area contributed by atoms with Crippen LogP contribution in [0.3, 0.4) is 0 Å². The molecule has 0 bridgehead atoms. The summed E-state index contributed by atoms with van der Waals surface area (Å²) in [7, 11) is -10.5. The van der Waals surface area contributed by atoms with Crippen LogP contribution in [-0.4, -0.2) is 69.3 Å². The Balaban J connectivity index is 1.38. The zero-order chi connectivity index (χ0) is 26.4. The van der Waals surface area contributed by atoms with Gasteiger partial charge >= 0.3 is 15.6 Å². The number of hydrogen-bond acceptors (Lipinski definition) is 11. The van der Waals surface area contributed by atoms with Crippen molar-refractivity contribution in [2.45, 2.75) is 24.5 Å². The van der Waals surface area contributed by atoms with E-state index in [2.05, 4.69) is 29.1 Å². The first-order valence-electron chi connectivity index (χ1n) is 10.7. The molecule has 4 aromatic rings. The summed E-state index contributed by atoms with van der Waals surface area (Å²) in [5, 5.41) is 26.2. The van der Waals surface area contributed by atoms with Crippen LogP contribution in [-0.2, 0) is 22.7 Å². The fraction of sp³-hybridized carbons (Fsp3) is 0.250. The van der Waals surface area contributed by atoms with Gasteiger partial charge in [0.1, 0.15) is 24.6 Å². The number of aliphatic hydroxyl groups excluding tert-OH is 2. The molecule has 37 heavy (non-hydrogen) atoms. The summed E-state index contributed by atoms with van der Waals surface area (Å²) in [6.07, 6.45) is -3.09. The van der Waals surface area contributed by atoms with Crippen LogP contribution in [0.5, 0.6) is 0 Å². The molecule has 2 unspecified atom stereocenters. The lowest BCUT2D eigenvalue weighted by Crippen LogP contribution is -2.33. The maximum Gasteiger partial charge on any atom is 0.481 e. The Morgan fingerprint density at radius 3 is 2.54 bits per heavy atom. The van der Waals surface area contributed by atoms with Crippen molar-refractivity contribution in [2.75, 3.05) is 11.9 Å². The molecule has 5 atom stereocenters. The van der Waals surface area contributed by atoms with Crippen LogP contribution < -0.4 is 5.32 Å². The number of anilines is 2. The molecule has 1 saturated heterocycles. The highest BCUT2D eigenvalue weighted by molar-refractivity contribution is 7.60. The second-order valence-electron chi connectivity index (χ2n) is 8.08. The first-order valence-corrected chi connectivity index (χ1v) is 13.7. The Bertz CT molecular complexity index is 1540. The molecular weight excluding hydrogens is 532 g/mol. The maximum atomic E-state index is 11.7. The summed E-state index contributed by atoms with van der Waals surface area (Å²) in [5.41, 5.74) is 1.38. The summed E-state index contributed by atoms with van der Waals surface area (Å²) >= 11 is 0. The van der Waals surface area contributed by atoms with Crippen LogP contribution >= 0.6 is 15.6 Å². The van der Waals surface area contributed by atoms with Crippen LogP contribution in [0.2, 0.25) is 0 Å². The van der Waals surface area contributed by atoms with Crippen molar-refractivity contribution in [3.8, 4) is 0 Å². The monoisotopic (exact) mass is 553 g/mol. The van der Waals surface area contributed by atoms with E-state index in [-0.39, 0.29) is 5.65 Å². The number of fused-ring (bicyclic) bond motifs is 2. The predicted octanol–water partition coefficient (Wildman–Crippen LogP) is 1.57. The number of nitrogens with zero attached hydrogens (tertiary/aromatic N) is 4. The van der Waals surface area contributed by atoms with E-state index < -0.39 is 46.8 Å². The maximum absolute atomic E-state index is 11.7. The van der Waals surface area contributed by atoms with Crippen LogP contribution in [0.1, 0.15) is 6.23 Å². The molecule has 0 amide bonds. The number of aromatic nitrogens is 4. The quantitative estimate of drug-likeness (QED) is 0.171. The molecule has 1 fully saturated rings. The van der Waals surface area contributed by atoms with Crippen LogP contribution in [0, 0.1) is 0 Å². The van der Waals surface area contributed by atoms with Gasteiger partial charge in [-0.3, -0.25) is 9.09 Å². The Morgan fingerprint density at radius 1 is 1.00 bits per heavy atom. The van der Waals surface area contributed by atoms with E-state index in [0.717, 1.165) is 16.5 Å². The zero-order valence-corrected chi connectivity index (χ0v) is 20.5. The lowest BCUT2D eigenvalue weighted by molar-refractivity contribution is -0.0503. The van der Waals surface area contributed by atoms with Crippen molar-refractivity contribution in [3.63, 3.8) is 0 Å². The van der Waals surface area contributed by atoms with Crippen LogP contribution in [0.4, 0.5) is 11.5 Å². The van der Waals surface area contributed by atoms with Gasteiger partial charge in [0.2, 0.25) is 0 Å². The molecule has 17 heteroatoms. The summed E-state index contributed by atoms with van der Waals surface area (Å²) < 4.78 is 37.7. The van der Waals surface area contributed by atoms with Crippen molar-refractivity contribution in [2.24, 2.45) is 0 Å². The summed E-state index contributed by atoms with van der Waals surface area (Å²) in [6.45, 7) is -0.821. The van der Waals surface area contributed by atoms with Gasteiger partial charge < -0.3 is 34.9 Å². The van der Waals surface area contributed by atoms with E-state index in [1.54, 1.807) is 0 Å². The fourth-order valence-electron chi connectivity index (χ4n) is 4.01. The average molecular weight is 553 g/mol. The lowest BCUT2D eigenvalue weighted by Gasteiger charge is -2.17. The molecule has 0 aliphatic carbocycles. The van der Waals surface area contributed by atoms with Gasteiger partial charge in [0.25, 0.3) is 0 Å². The minimum Gasteiger partial charge on any atom is -0.387 e. The Hall–Kier alpha value is -2.81. The molecule has 1 aliphatic rings. The van der Waals surface area contributed by atoms with Gasteiger partial charge in [0.15, 0.2) is 23.2 Å². The van der Waals surface area contributed by atoms with Crippen molar-refractivity contribution < 1.29 is 47.6 Å². The number of hydrogen-bond donors (Lipinski definition) is 6. The number of imidazole rings is 1. The molecule has 196 valence electrons. The summed E-state index contributed by atoms with van der Waals surface area (Å²) in [4.78, 5) is 39.7. The topological polar surface area (TPSA) is 219 Å². The number of phosphoric ester groups is 1. The van der Waals surface area contributed by atoms with Gasteiger partial charge in [0, 0.05) is 11.1 Å². The van der Waals surface area contributed by atoms with E-state index >= 15 is 0 Å². The summed E-state index contributed by atoms with van der Waals surface area (Å²) in [6, 6.07) is 13.5. The number of phosphoric acid groups is 2. The van der Waals surface area contributed by atoms with E-state index in [1.807, 2.05) is 42.5 Å². The molecule has 0 saturated carbocycles. The molecular formula is C20H21N5O10P2. The van der Waals surface area contributed by atoms with Gasteiger partial charge in [-0.25, -0.2) is 24.1 Å². The molecule has 5 rings (SSSR count). The normalized spacial score (nSPS) is 23.9. The molecule has 2 aromatic carbocycles. The van der Waals surface area contributed by atoms with Crippen molar-refractivity contribution >= 4 is 49.1 Å². The number of aliphatic hydroxyl groups is 2. The van der Waals surface area contributed by atoms with Gasteiger partial charge in [-0.2, -0.15) is 4.31 Å². The third-order valence-electron chi connectivity index (χ3n) is 5.62. The van der Waals surface area contributed by atoms with Crippen molar-refractivity contribution in [1.29, 1.82) is 0 Å². The molecule has 3 heterocycles. The van der Waals surface area contributed by atoms with E-state index in [4.69, 9.17) is 14.5 Å². The fourth-order valence-corrected chi connectivity index (χ4v) is 5.61. The smallest absolute Gasteiger partial charge is 0.387 e. The number of ether oxygens (including phenoxy) is 1. The minimum absolute atomic E-state index is 0.258. The highest BCUT2D eigenvalue weighted by Crippen LogP contribution is 2.57. The van der Waals surface area contributed by atoms with E-state index in [0.29, 0.717) is 11.3 Å². The Kier molecular flexibility index (Phi) is 6.85. The third kappa shape index (κ3) is 5.42. The van der Waals surface area contributed by atoms with Gasteiger partial charge in [-0.15, -0.1) is 0 Å². The minimum atomic E-state index is -5.32. The lowest BCUT2D eigenvalue weighted by atomic mass is 10.1.